The van der Waals surface area contributed by atoms with Crippen LogP contribution in [0, 0.1) is 17.5 Å². The van der Waals surface area contributed by atoms with Crippen molar-refractivity contribution in [3.8, 4) is 11.5 Å². The first kappa shape index (κ1) is 26.3. The van der Waals surface area contributed by atoms with Gasteiger partial charge in [0, 0.05) is 12.6 Å². The van der Waals surface area contributed by atoms with Crippen LogP contribution in [0.5, 0.6) is 11.5 Å². The van der Waals surface area contributed by atoms with Crippen LogP contribution >= 0.6 is 15.9 Å². The molecule has 0 aromatic heterocycles. The maximum absolute atomic E-state index is 14.3. The van der Waals surface area contributed by atoms with Gasteiger partial charge in [0.2, 0.25) is 0 Å². The highest BCUT2D eigenvalue weighted by Crippen LogP contribution is 2.40. The second kappa shape index (κ2) is 10.2. The molecule has 188 valence electrons. The summed E-state index contributed by atoms with van der Waals surface area (Å²) in [5, 5.41) is 11.7. The first-order valence-electron chi connectivity index (χ1n) is 9.59. The van der Waals surface area contributed by atoms with Gasteiger partial charge in [0.05, 0.1) is 41.6 Å². The Labute approximate surface area is 202 Å². The number of nitrogens with one attached hydrogen (secondary N) is 1. The topological polar surface area (TPSA) is 88.1 Å². The zero-order chi connectivity index (χ0) is 26.1. The van der Waals surface area contributed by atoms with Crippen LogP contribution in [0.1, 0.15) is 5.56 Å². The van der Waals surface area contributed by atoms with E-state index < -0.39 is 59.2 Å². The highest BCUT2D eigenvalue weighted by Gasteiger charge is 2.36. The number of carbonyl (C=O) groups is 2. The zero-order valence-electron chi connectivity index (χ0n) is 17.6. The average molecular weight is 569 g/mol. The summed E-state index contributed by atoms with van der Waals surface area (Å²) in [6.45, 7) is -0.797. The fourth-order valence-corrected chi connectivity index (χ4v) is 3.47. The largest absolute Gasteiger partial charge is 0.466 e. The highest BCUT2D eigenvalue weighted by molar-refractivity contribution is 9.10. The molecule has 0 unspecified atom stereocenters. The minimum atomic E-state index is -5.03. The third-order valence-corrected chi connectivity index (χ3v) is 5.38. The number of halogens is 7. The first-order valence-corrected chi connectivity index (χ1v) is 10.4. The summed E-state index contributed by atoms with van der Waals surface area (Å²) in [6.07, 6.45) is -5.03. The molecule has 0 atom stereocenters. The predicted molar refractivity (Wildman–Crippen MR) is 112 cm³/mol. The summed E-state index contributed by atoms with van der Waals surface area (Å²) in [5.74, 6) is -7.93. The van der Waals surface area contributed by atoms with Gasteiger partial charge in [-0.05, 0) is 34.1 Å². The molecule has 2 N–H and O–H groups in total. The maximum atomic E-state index is 14.3. The molecule has 35 heavy (non-hydrogen) atoms. The van der Waals surface area contributed by atoms with E-state index in [4.69, 9.17) is 9.84 Å². The molecule has 1 aliphatic heterocycles. The van der Waals surface area contributed by atoms with Gasteiger partial charge in [0.25, 0.3) is 5.91 Å². The summed E-state index contributed by atoms with van der Waals surface area (Å²) in [7, 11) is 1.06. The number of methoxy groups -OCH3 is 1. The smallest absolute Gasteiger partial charge is 0.416 e. The van der Waals surface area contributed by atoms with Crippen molar-refractivity contribution in [2.75, 3.05) is 32.1 Å². The molecule has 0 saturated heterocycles. The minimum Gasteiger partial charge on any atom is -0.466 e. The van der Waals surface area contributed by atoms with Crippen molar-refractivity contribution >= 4 is 33.5 Å². The molecule has 0 bridgehead atoms. The maximum Gasteiger partial charge on any atom is 0.416 e. The van der Waals surface area contributed by atoms with Crippen LogP contribution in [0.25, 0.3) is 0 Å². The summed E-state index contributed by atoms with van der Waals surface area (Å²) < 4.78 is 90.8. The van der Waals surface area contributed by atoms with E-state index in [2.05, 4.69) is 26.0 Å². The number of alkyl halides is 3. The van der Waals surface area contributed by atoms with Gasteiger partial charge in [0.15, 0.2) is 23.1 Å². The second-order valence-electron chi connectivity index (χ2n) is 7.05. The molecule has 14 heteroatoms. The van der Waals surface area contributed by atoms with E-state index in [9.17, 15) is 35.9 Å². The minimum absolute atomic E-state index is 0.00583. The third kappa shape index (κ3) is 5.53. The van der Waals surface area contributed by atoms with Crippen molar-refractivity contribution < 1.29 is 50.5 Å². The second-order valence-corrected chi connectivity index (χ2v) is 7.91. The summed E-state index contributed by atoms with van der Waals surface area (Å²) in [6, 6.07) is 1.69. The molecule has 1 heterocycles. The normalized spacial score (nSPS) is 14.0. The number of amides is 1. The van der Waals surface area contributed by atoms with Gasteiger partial charge in [0.1, 0.15) is 11.5 Å². The Kier molecular flexibility index (Phi) is 7.65. The average Bonchev–Trinajstić information content (AvgIpc) is 3.08. The summed E-state index contributed by atoms with van der Waals surface area (Å²) in [5.41, 5.74) is -2.38. The number of benzene rings is 2. The van der Waals surface area contributed by atoms with E-state index in [1.54, 1.807) is 0 Å². The first-order chi connectivity index (χ1) is 16.4. The van der Waals surface area contributed by atoms with Crippen LogP contribution in [0.15, 0.2) is 40.0 Å². The van der Waals surface area contributed by atoms with Gasteiger partial charge in [-0.15, -0.1) is 0 Å². The molecule has 7 nitrogen and oxygen atoms in total. The number of carbonyl (C=O) groups excluding carboxylic acids is 2. The van der Waals surface area contributed by atoms with E-state index in [0.29, 0.717) is 6.07 Å². The van der Waals surface area contributed by atoms with Crippen LogP contribution in [0.4, 0.5) is 32.0 Å². The van der Waals surface area contributed by atoms with Crippen molar-refractivity contribution in [3.05, 3.63) is 63.0 Å². The molecule has 0 fully saturated rings. The lowest BCUT2D eigenvalue weighted by molar-refractivity contribution is -0.138. The Morgan fingerprint density at radius 2 is 1.77 bits per heavy atom. The lowest BCUT2D eigenvalue weighted by Crippen LogP contribution is -2.31. The standard InChI is InChI=1S/C21H15BrF6N2O5/c1-34-20(33)10-8-30(2-3-31)19(32)17(10)29-15-6-11(22)12(23)7-16(15)35-18-13(24)4-9(5-14(18)25)21(26,27)28/h4-7,29,31H,2-3,8H2,1H3. The van der Waals surface area contributed by atoms with Crippen molar-refractivity contribution in [2.45, 2.75) is 6.18 Å². The Bertz CT molecular complexity index is 1190. The van der Waals surface area contributed by atoms with Crippen LogP contribution in [-0.4, -0.2) is 48.7 Å². The van der Waals surface area contributed by atoms with Gasteiger partial charge in [-0.25, -0.2) is 18.0 Å². The van der Waals surface area contributed by atoms with Crippen LogP contribution < -0.4 is 10.1 Å². The van der Waals surface area contributed by atoms with Gasteiger partial charge in [-0.2, -0.15) is 13.2 Å². The number of nitrogens with zero attached hydrogens (tertiary/aromatic N) is 1. The number of hydrogen-bond acceptors (Lipinski definition) is 6. The molecule has 1 amide bonds. The van der Waals surface area contributed by atoms with E-state index in [1.165, 1.54) is 0 Å². The Balaban J connectivity index is 2.06. The molecule has 0 spiro atoms. The number of aliphatic hydroxyl groups excluding tert-OH is 1. The Morgan fingerprint density at radius 3 is 2.31 bits per heavy atom. The highest BCUT2D eigenvalue weighted by atomic mass is 79.9. The Morgan fingerprint density at radius 1 is 1.14 bits per heavy atom. The number of rotatable bonds is 7. The number of ether oxygens (including phenoxy) is 2. The number of esters is 1. The van der Waals surface area contributed by atoms with E-state index in [-0.39, 0.29) is 46.7 Å². The number of aliphatic hydroxyl groups is 1. The molecule has 2 aromatic rings. The van der Waals surface area contributed by atoms with Crippen molar-refractivity contribution in [2.24, 2.45) is 0 Å². The summed E-state index contributed by atoms with van der Waals surface area (Å²) in [4.78, 5) is 26.0. The molecule has 0 aliphatic carbocycles. The zero-order valence-corrected chi connectivity index (χ0v) is 19.2. The van der Waals surface area contributed by atoms with Gasteiger partial charge in [-0.1, -0.05) is 0 Å². The molecular weight excluding hydrogens is 554 g/mol. The lowest BCUT2D eigenvalue weighted by atomic mass is 10.2. The van der Waals surface area contributed by atoms with E-state index >= 15 is 0 Å². The quantitative estimate of drug-likeness (QED) is 0.381. The fourth-order valence-electron chi connectivity index (χ4n) is 3.13. The molecule has 1 aliphatic rings. The lowest BCUT2D eigenvalue weighted by Gasteiger charge is -2.17. The van der Waals surface area contributed by atoms with E-state index in [0.717, 1.165) is 18.1 Å². The van der Waals surface area contributed by atoms with Crippen molar-refractivity contribution in [3.63, 3.8) is 0 Å². The molecule has 0 saturated carbocycles. The predicted octanol–water partition coefficient (Wildman–Crippen LogP) is 4.35. The van der Waals surface area contributed by atoms with Gasteiger partial charge >= 0.3 is 12.1 Å². The monoisotopic (exact) mass is 568 g/mol. The number of β-amino-alcohol motifs (C(OH)–C–C–N with tert-alkyl or cyclic N) is 1. The molecular formula is C21H15BrF6N2O5. The SMILES string of the molecule is COC(=O)C1=C(Nc2cc(Br)c(F)cc2Oc2c(F)cc(C(F)(F)F)cc2F)C(=O)N(CCO)C1. The fraction of sp³-hybridized carbons (Fsp3) is 0.238. The van der Waals surface area contributed by atoms with Crippen molar-refractivity contribution in [1.29, 1.82) is 0 Å². The third-order valence-electron chi connectivity index (χ3n) is 4.77. The van der Waals surface area contributed by atoms with Gasteiger partial charge in [-0.3, -0.25) is 4.79 Å². The molecule has 3 rings (SSSR count). The number of hydrogen-bond donors (Lipinski definition) is 2. The molecule has 2 aromatic carbocycles. The van der Waals surface area contributed by atoms with Crippen LogP contribution in [0.3, 0.4) is 0 Å². The van der Waals surface area contributed by atoms with Crippen LogP contribution in [-0.2, 0) is 20.5 Å². The molecule has 0 radical (unpaired) electrons. The Hall–Kier alpha value is -3.26. The summed E-state index contributed by atoms with van der Waals surface area (Å²) >= 11 is 2.91. The number of anilines is 1. The van der Waals surface area contributed by atoms with Crippen molar-refractivity contribution in [1.82, 2.24) is 4.90 Å². The van der Waals surface area contributed by atoms with Gasteiger partial charge < -0.3 is 24.8 Å². The van der Waals surface area contributed by atoms with Crippen LogP contribution in [0.2, 0.25) is 0 Å². The van der Waals surface area contributed by atoms with E-state index in [1.807, 2.05) is 0 Å².